The van der Waals surface area contributed by atoms with Gasteiger partial charge in [0, 0.05) is 0 Å². The molecule has 4 aliphatic heterocycles. The Morgan fingerprint density at radius 2 is 1.32 bits per heavy atom. The van der Waals surface area contributed by atoms with Crippen LogP contribution in [0.25, 0.3) is 0 Å². The molecule has 0 aliphatic carbocycles. The molecule has 104 valence electrons. The molecule has 0 bridgehead atoms. The number of hydrogen-bond acceptors (Lipinski definition) is 8. The highest BCUT2D eigenvalue weighted by Gasteiger charge is 2.40. The Morgan fingerprint density at radius 1 is 0.737 bits per heavy atom. The summed E-state index contributed by atoms with van der Waals surface area (Å²) in [7, 11) is 0. The van der Waals surface area contributed by atoms with Gasteiger partial charge in [-0.2, -0.15) is 0 Å². The highest BCUT2D eigenvalue weighted by molar-refractivity contribution is 8.42. The zero-order valence-corrected chi connectivity index (χ0v) is 14.9. The van der Waals surface area contributed by atoms with Gasteiger partial charge in [0.05, 0.1) is 30.2 Å². The second-order valence-corrected chi connectivity index (χ2v) is 11.6. The summed E-state index contributed by atoms with van der Waals surface area (Å²) in [5, 5.41) is 0. The van der Waals surface area contributed by atoms with Crippen molar-refractivity contribution in [2.24, 2.45) is 0 Å². The van der Waals surface area contributed by atoms with Crippen LogP contribution < -0.4 is 0 Å². The Labute approximate surface area is 138 Å². The van der Waals surface area contributed by atoms with Crippen LogP contribution in [0.3, 0.4) is 0 Å². The van der Waals surface area contributed by atoms with Crippen molar-refractivity contribution >= 4 is 70.6 Å². The van der Waals surface area contributed by atoms with Crippen molar-refractivity contribution < 1.29 is 9.47 Å². The summed E-state index contributed by atoms with van der Waals surface area (Å²) in [6.45, 7) is 1.46. The molecule has 0 N–H and O–H groups in total. The maximum atomic E-state index is 5.80. The van der Waals surface area contributed by atoms with Crippen molar-refractivity contribution in [3.8, 4) is 0 Å². The predicted molar refractivity (Wildman–Crippen MR) is 93.4 cm³/mol. The first-order chi connectivity index (χ1) is 9.40. The summed E-state index contributed by atoms with van der Waals surface area (Å²) in [4.78, 5) is 0. The van der Waals surface area contributed by atoms with Gasteiger partial charge in [-0.15, -0.1) is 23.5 Å². The fourth-order valence-electron chi connectivity index (χ4n) is 1.92. The minimum atomic E-state index is 0.182. The van der Waals surface area contributed by atoms with E-state index in [1.54, 1.807) is 0 Å². The maximum Gasteiger partial charge on any atom is 0.144 e. The smallest absolute Gasteiger partial charge is 0.144 e. The first kappa shape index (κ1) is 14.1. The summed E-state index contributed by atoms with van der Waals surface area (Å²) in [6.07, 6.45) is 1.34. The lowest BCUT2D eigenvalue weighted by molar-refractivity contribution is -0.0659. The van der Waals surface area contributed by atoms with Crippen molar-refractivity contribution in [1.29, 1.82) is 0 Å². The van der Waals surface area contributed by atoms with E-state index < -0.39 is 0 Å². The molecule has 2 unspecified atom stereocenters. The lowest BCUT2D eigenvalue weighted by Gasteiger charge is -2.33. The van der Waals surface area contributed by atoms with Gasteiger partial charge in [-0.05, 0) is 17.9 Å². The molecule has 8 heteroatoms. The van der Waals surface area contributed by atoms with Gasteiger partial charge in [0.2, 0.25) is 0 Å². The van der Waals surface area contributed by atoms with Crippen LogP contribution in [-0.4, -0.2) is 35.6 Å². The molecule has 0 amide bonds. The predicted octanol–water partition coefficient (Wildman–Crippen LogP) is 4.77. The normalized spacial score (nSPS) is 35.4. The van der Waals surface area contributed by atoms with E-state index in [2.05, 4.69) is 0 Å². The minimum absolute atomic E-state index is 0.182. The molecule has 2 saturated heterocycles. The van der Waals surface area contributed by atoms with Crippen LogP contribution in [0.4, 0.5) is 0 Å². The third kappa shape index (κ3) is 3.02. The van der Waals surface area contributed by atoms with Crippen LogP contribution in [-0.2, 0) is 9.47 Å². The average Bonchev–Trinajstić information content (AvgIpc) is 2.88. The van der Waals surface area contributed by atoms with Crippen LogP contribution in [0.2, 0.25) is 0 Å². The van der Waals surface area contributed by atoms with E-state index in [-0.39, 0.29) is 10.9 Å². The summed E-state index contributed by atoms with van der Waals surface area (Å²) >= 11 is 11.6. The summed E-state index contributed by atoms with van der Waals surface area (Å²) in [5.41, 5.74) is 0.364. The Hall–Kier alpha value is 1.50. The monoisotopic (exact) mass is 368 g/mol. The molecule has 0 aromatic carbocycles. The maximum absolute atomic E-state index is 5.80. The molecule has 19 heavy (non-hydrogen) atoms. The van der Waals surface area contributed by atoms with E-state index in [4.69, 9.17) is 9.47 Å². The minimum Gasteiger partial charge on any atom is -0.361 e. The third-order valence-corrected chi connectivity index (χ3v) is 11.8. The van der Waals surface area contributed by atoms with Gasteiger partial charge in [-0.3, -0.25) is 0 Å². The SMILES string of the molecule is C1CSC(=C2SC3=C(S2)SC2OCCOC2S3)SC1. The van der Waals surface area contributed by atoms with Gasteiger partial charge < -0.3 is 9.47 Å². The molecule has 2 fully saturated rings. The fraction of sp³-hybridized carbons (Fsp3) is 0.636. The number of fused-ring (bicyclic) bond motifs is 1. The van der Waals surface area contributed by atoms with Crippen molar-refractivity contribution in [1.82, 2.24) is 0 Å². The molecule has 4 rings (SSSR count). The molecule has 2 atom stereocenters. The van der Waals surface area contributed by atoms with Crippen molar-refractivity contribution in [2.45, 2.75) is 17.3 Å². The number of hydrogen-bond donors (Lipinski definition) is 0. The number of ether oxygens (including phenoxy) is 2. The lowest BCUT2D eigenvalue weighted by Crippen LogP contribution is -2.35. The fourth-order valence-corrected chi connectivity index (χ4v) is 11.2. The van der Waals surface area contributed by atoms with Crippen molar-refractivity contribution in [3.05, 3.63) is 16.9 Å². The molecule has 4 heterocycles. The highest BCUT2D eigenvalue weighted by atomic mass is 32.3. The lowest BCUT2D eigenvalue weighted by atomic mass is 10.6. The zero-order valence-electron chi connectivity index (χ0n) is 9.96. The van der Waals surface area contributed by atoms with Crippen LogP contribution in [0.1, 0.15) is 6.42 Å². The van der Waals surface area contributed by atoms with E-state index in [1.807, 2.05) is 70.6 Å². The molecule has 0 spiro atoms. The molecule has 0 aromatic heterocycles. The van der Waals surface area contributed by atoms with Gasteiger partial charge in [-0.25, -0.2) is 0 Å². The quantitative estimate of drug-likeness (QED) is 0.601. The van der Waals surface area contributed by atoms with Gasteiger partial charge in [0.15, 0.2) is 0 Å². The molecular weight excluding hydrogens is 357 g/mol. The molecule has 0 aromatic rings. The molecule has 2 nitrogen and oxygen atoms in total. The van der Waals surface area contributed by atoms with Gasteiger partial charge in [0.1, 0.15) is 10.9 Å². The molecule has 0 saturated carbocycles. The second-order valence-electron chi connectivity index (χ2n) is 4.12. The third-order valence-electron chi connectivity index (χ3n) is 2.78. The number of thioether (sulfide) groups is 6. The Morgan fingerprint density at radius 3 is 1.89 bits per heavy atom. The highest BCUT2D eigenvalue weighted by Crippen LogP contribution is 2.65. The van der Waals surface area contributed by atoms with Crippen LogP contribution in [0, 0.1) is 0 Å². The summed E-state index contributed by atoms with van der Waals surface area (Å²) < 4.78 is 17.5. The van der Waals surface area contributed by atoms with E-state index in [1.165, 1.54) is 34.9 Å². The Kier molecular flexibility index (Phi) is 4.69. The van der Waals surface area contributed by atoms with Crippen molar-refractivity contribution in [3.63, 3.8) is 0 Å². The van der Waals surface area contributed by atoms with E-state index in [0.717, 1.165) is 13.2 Å². The molecule has 0 radical (unpaired) electrons. The first-order valence-corrected chi connectivity index (χ1v) is 11.4. The standard InChI is InChI=1S/C11H12O2S6/c1-4-14-8(15-5-1)9-18-10-11(19-9)17-7-6(16-10)12-2-3-13-7/h6-7H,1-5H2. The second kappa shape index (κ2) is 6.32. The largest absolute Gasteiger partial charge is 0.361 e. The number of rotatable bonds is 0. The Balaban J connectivity index is 1.51. The van der Waals surface area contributed by atoms with E-state index >= 15 is 0 Å². The van der Waals surface area contributed by atoms with E-state index in [0.29, 0.717) is 0 Å². The van der Waals surface area contributed by atoms with Crippen molar-refractivity contribution in [2.75, 3.05) is 24.7 Å². The van der Waals surface area contributed by atoms with Crippen LogP contribution >= 0.6 is 70.6 Å². The van der Waals surface area contributed by atoms with Crippen LogP contribution in [0.5, 0.6) is 0 Å². The van der Waals surface area contributed by atoms with Crippen LogP contribution in [0.15, 0.2) is 16.9 Å². The van der Waals surface area contributed by atoms with Gasteiger partial charge >= 0.3 is 0 Å². The zero-order chi connectivity index (χ0) is 12.7. The van der Waals surface area contributed by atoms with Gasteiger partial charge in [0.25, 0.3) is 0 Å². The topological polar surface area (TPSA) is 18.5 Å². The molecular formula is C11H12O2S6. The Bertz CT molecular complexity index is 412. The van der Waals surface area contributed by atoms with Gasteiger partial charge in [-0.1, -0.05) is 47.0 Å². The van der Waals surface area contributed by atoms with E-state index in [9.17, 15) is 0 Å². The molecule has 4 aliphatic rings. The summed E-state index contributed by atoms with van der Waals surface area (Å²) in [6, 6.07) is 0. The summed E-state index contributed by atoms with van der Waals surface area (Å²) in [5.74, 6) is 2.55. The first-order valence-electron chi connectivity index (χ1n) is 6.06. The average molecular weight is 369 g/mol.